The van der Waals surface area contributed by atoms with Crippen LogP contribution >= 0.6 is 12.4 Å². The molecule has 0 saturated heterocycles. The summed E-state index contributed by atoms with van der Waals surface area (Å²) >= 11 is 0. The van der Waals surface area contributed by atoms with Gasteiger partial charge in [0.25, 0.3) is 10.2 Å². The number of nitrogens with zero attached hydrogens (tertiary/aromatic N) is 3. The molecule has 3 aromatic rings. The Kier molecular flexibility index (Phi) is 8.47. The van der Waals surface area contributed by atoms with E-state index in [-0.39, 0.29) is 18.4 Å². The second kappa shape index (κ2) is 11.1. The summed E-state index contributed by atoms with van der Waals surface area (Å²) in [6, 6.07) is 18.2. The molecule has 0 unspecified atom stereocenters. The Hall–Kier alpha value is -2.46. The normalized spacial score (nSPS) is 18.6. The standard InChI is InChI=1S/C23H30N6O2S.ClH/c1-29(2)32(30,31)24-16-17-12-14-19(15-13-17)26-23-27-21-11-7-6-10-20(21)22(28-23)25-18-8-4-3-5-9-18;/h3-11,17,19,24H,12-16H2,1-2H3,(H2,25,26,27,28);1H. The molecule has 1 heterocycles. The maximum atomic E-state index is 11.9. The molecule has 1 saturated carbocycles. The van der Waals surface area contributed by atoms with Crippen molar-refractivity contribution in [3.63, 3.8) is 0 Å². The zero-order valence-electron chi connectivity index (χ0n) is 18.9. The fourth-order valence-electron chi connectivity index (χ4n) is 3.94. The number of rotatable bonds is 8. The van der Waals surface area contributed by atoms with E-state index < -0.39 is 10.2 Å². The smallest absolute Gasteiger partial charge is 0.278 e. The molecule has 1 aliphatic carbocycles. The minimum absolute atomic E-state index is 0. The molecule has 1 fully saturated rings. The van der Waals surface area contributed by atoms with E-state index in [1.54, 1.807) is 0 Å². The van der Waals surface area contributed by atoms with E-state index in [9.17, 15) is 8.42 Å². The van der Waals surface area contributed by atoms with Gasteiger partial charge in [-0.2, -0.15) is 17.7 Å². The van der Waals surface area contributed by atoms with E-state index in [1.165, 1.54) is 18.4 Å². The minimum atomic E-state index is -3.37. The average molecular weight is 491 g/mol. The van der Waals surface area contributed by atoms with Gasteiger partial charge in [-0.15, -0.1) is 12.4 Å². The van der Waals surface area contributed by atoms with E-state index in [2.05, 4.69) is 15.4 Å². The number of hydrogen-bond donors (Lipinski definition) is 3. The number of hydrogen-bond acceptors (Lipinski definition) is 6. The lowest BCUT2D eigenvalue weighted by Crippen LogP contribution is -2.39. The SMILES string of the molecule is CN(C)S(=O)(=O)NCC1CCC(Nc2nc(Nc3ccccc3)c3ccccc3n2)CC1.Cl. The van der Waals surface area contributed by atoms with Crippen LogP contribution in [0, 0.1) is 5.92 Å². The van der Waals surface area contributed by atoms with Gasteiger partial charge in [-0.1, -0.05) is 30.3 Å². The molecule has 33 heavy (non-hydrogen) atoms. The molecule has 1 aromatic heterocycles. The van der Waals surface area contributed by atoms with Crippen molar-refractivity contribution in [1.29, 1.82) is 0 Å². The summed E-state index contributed by atoms with van der Waals surface area (Å²) in [6.45, 7) is 0.477. The molecule has 0 radical (unpaired) electrons. The van der Waals surface area contributed by atoms with Gasteiger partial charge in [0, 0.05) is 37.8 Å². The van der Waals surface area contributed by atoms with Crippen LogP contribution in [0.15, 0.2) is 54.6 Å². The molecule has 0 spiro atoms. The summed E-state index contributed by atoms with van der Waals surface area (Å²) in [7, 11) is -0.300. The summed E-state index contributed by atoms with van der Waals surface area (Å²) in [5.41, 5.74) is 1.86. The van der Waals surface area contributed by atoms with Gasteiger partial charge in [0.05, 0.1) is 5.52 Å². The summed E-state index contributed by atoms with van der Waals surface area (Å²) in [6.07, 6.45) is 3.81. The van der Waals surface area contributed by atoms with Gasteiger partial charge in [-0.25, -0.2) is 9.71 Å². The molecule has 8 nitrogen and oxygen atoms in total. The summed E-state index contributed by atoms with van der Waals surface area (Å²) in [5, 5.41) is 7.88. The number of anilines is 3. The Balaban J connectivity index is 0.00000306. The summed E-state index contributed by atoms with van der Waals surface area (Å²) in [4.78, 5) is 9.49. The number of nitrogens with one attached hydrogen (secondary N) is 3. The molecule has 2 aromatic carbocycles. The number of para-hydroxylation sites is 2. The van der Waals surface area contributed by atoms with Crippen molar-refractivity contribution in [1.82, 2.24) is 19.0 Å². The number of halogens is 1. The van der Waals surface area contributed by atoms with Crippen molar-refractivity contribution >= 4 is 51.0 Å². The highest BCUT2D eigenvalue weighted by Gasteiger charge is 2.24. The Morgan fingerprint density at radius 1 is 0.939 bits per heavy atom. The van der Waals surface area contributed by atoms with Crippen LogP contribution in [0.2, 0.25) is 0 Å². The largest absolute Gasteiger partial charge is 0.351 e. The van der Waals surface area contributed by atoms with Gasteiger partial charge in [0.1, 0.15) is 5.82 Å². The van der Waals surface area contributed by atoms with Crippen molar-refractivity contribution in [3.05, 3.63) is 54.6 Å². The average Bonchev–Trinajstić information content (AvgIpc) is 2.79. The highest BCUT2D eigenvalue weighted by atomic mass is 35.5. The first kappa shape index (κ1) is 25.2. The Morgan fingerprint density at radius 3 is 2.30 bits per heavy atom. The monoisotopic (exact) mass is 490 g/mol. The van der Waals surface area contributed by atoms with E-state index >= 15 is 0 Å². The fourth-order valence-corrected chi connectivity index (χ4v) is 4.64. The summed E-state index contributed by atoms with van der Waals surface area (Å²) in [5.74, 6) is 1.73. The van der Waals surface area contributed by atoms with Gasteiger partial charge in [0.15, 0.2) is 0 Å². The first-order valence-corrected chi connectivity index (χ1v) is 12.4. The molecule has 1 aliphatic rings. The van der Waals surface area contributed by atoms with Crippen LogP contribution in [0.25, 0.3) is 10.9 Å². The van der Waals surface area contributed by atoms with Crippen molar-refractivity contribution in [2.24, 2.45) is 5.92 Å². The van der Waals surface area contributed by atoms with Crippen LogP contribution in [0.4, 0.5) is 17.5 Å². The predicted octanol–water partition coefficient (Wildman–Crippen LogP) is 4.16. The van der Waals surface area contributed by atoms with Crippen molar-refractivity contribution in [2.45, 2.75) is 31.7 Å². The van der Waals surface area contributed by atoms with Crippen LogP contribution in [-0.2, 0) is 10.2 Å². The van der Waals surface area contributed by atoms with E-state index in [0.717, 1.165) is 48.1 Å². The highest BCUT2D eigenvalue weighted by molar-refractivity contribution is 7.87. The van der Waals surface area contributed by atoms with E-state index in [0.29, 0.717) is 18.4 Å². The molecule has 0 atom stereocenters. The Morgan fingerprint density at radius 2 is 1.61 bits per heavy atom. The minimum Gasteiger partial charge on any atom is -0.351 e. The van der Waals surface area contributed by atoms with Gasteiger partial charge in [-0.05, 0) is 55.9 Å². The van der Waals surface area contributed by atoms with E-state index in [4.69, 9.17) is 9.97 Å². The molecular weight excluding hydrogens is 460 g/mol. The first-order chi connectivity index (χ1) is 15.4. The molecule has 4 rings (SSSR count). The summed E-state index contributed by atoms with van der Waals surface area (Å²) < 4.78 is 27.8. The molecule has 3 N–H and O–H groups in total. The third-order valence-electron chi connectivity index (χ3n) is 5.85. The van der Waals surface area contributed by atoms with Gasteiger partial charge in [-0.3, -0.25) is 0 Å². The third kappa shape index (κ3) is 6.54. The molecule has 0 amide bonds. The molecule has 0 bridgehead atoms. The Bertz CT molecular complexity index is 1150. The number of fused-ring (bicyclic) bond motifs is 1. The number of benzene rings is 2. The second-order valence-corrected chi connectivity index (χ2v) is 10.4. The Labute approximate surface area is 201 Å². The third-order valence-corrected chi connectivity index (χ3v) is 7.35. The first-order valence-electron chi connectivity index (χ1n) is 10.9. The van der Waals surface area contributed by atoms with Crippen LogP contribution in [0.1, 0.15) is 25.7 Å². The highest BCUT2D eigenvalue weighted by Crippen LogP contribution is 2.28. The maximum Gasteiger partial charge on any atom is 0.278 e. The van der Waals surface area contributed by atoms with Gasteiger partial charge < -0.3 is 10.6 Å². The lowest BCUT2D eigenvalue weighted by molar-refractivity contribution is 0.334. The zero-order chi connectivity index (χ0) is 22.6. The topological polar surface area (TPSA) is 99.3 Å². The lowest BCUT2D eigenvalue weighted by Gasteiger charge is -2.29. The van der Waals surface area contributed by atoms with Crippen LogP contribution in [-0.4, -0.2) is 49.4 Å². The van der Waals surface area contributed by atoms with Crippen LogP contribution in [0.5, 0.6) is 0 Å². The maximum absolute atomic E-state index is 11.9. The van der Waals surface area contributed by atoms with Crippen molar-refractivity contribution < 1.29 is 8.42 Å². The fraction of sp³-hybridized carbons (Fsp3) is 0.391. The molecule has 178 valence electrons. The van der Waals surface area contributed by atoms with Crippen LogP contribution < -0.4 is 15.4 Å². The second-order valence-electron chi connectivity index (χ2n) is 8.40. The van der Waals surface area contributed by atoms with Gasteiger partial charge >= 0.3 is 0 Å². The predicted molar refractivity (Wildman–Crippen MR) is 136 cm³/mol. The molecular formula is C23H31ClN6O2S. The van der Waals surface area contributed by atoms with Gasteiger partial charge in [0.2, 0.25) is 5.95 Å². The zero-order valence-corrected chi connectivity index (χ0v) is 20.5. The van der Waals surface area contributed by atoms with E-state index in [1.807, 2.05) is 54.6 Å². The quantitative estimate of drug-likeness (QED) is 0.438. The number of aromatic nitrogens is 2. The van der Waals surface area contributed by atoms with Crippen LogP contribution in [0.3, 0.4) is 0 Å². The lowest BCUT2D eigenvalue weighted by atomic mass is 9.86. The van der Waals surface area contributed by atoms with Crippen molar-refractivity contribution in [2.75, 3.05) is 31.3 Å². The van der Waals surface area contributed by atoms with Crippen molar-refractivity contribution in [3.8, 4) is 0 Å². The molecule has 10 heteroatoms. The molecule has 0 aliphatic heterocycles.